The maximum absolute atomic E-state index is 5.86. The van der Waals surface area contributed by atoms with Gasteiger partial charge < -0.3 is 15.2 Å². The van der Waals surface area contributed by atoms with Gasteiger partial charge in [0.05, 0.1) is 12.0 Å². The minimum absolute atomic E-state index is 0.0191. The van der Waals surface area contributed by atoms with Crippen LogP contribution in [0.3, 0.4) is 0 Å². The number of nitrogens with two attached hydrogens (primary N) is 1. The SMILES string of the molecule is COc1cc([C@H](C)N)ccc1OCc1sccc1Br. The van der Waals surface area contributed by atoms with E-state index in [0.29, 0.717) is 12.4 Å². The minimum Gasteiger partial charge on any atom is -0.493 e. The van der Waals surface area contributed by atoms with E-state index < -0.39 is 0 Å². The average molecular weight is 342 g/mol. The summed E-state index contributed by atoms with van der Waals surface area (Å²) in [4.78, 5) is 1.15. The number of thiophene rings is 1. The standard InChI is InChI=1S/C14H16BrNO2S/c1-9(16)10-3-4-12(13(7-10)17-2)18-8-14-11(15)5-6-19-14/h3-7,9H,8,16H2,1-2H3/t9-/m0/s1. The van der Waals surface area contributed by atoms with Gasteiger partial charge in [0.2, 0.25) is 0 Å². The van der Waals surface area contributed by atoms with Crippen molar-refractivity contribution in [2.45, 2.75) is 19.6 Å². The number of hydrogen-bond acceptors (Lipinski definition) is 4. The van der Waals surface area contributed by atoms with Crippen LogP contribution >= 0.6 is 27.3 Å². The molecule has 2 N–H and O–H groups in total. The van der Waals surface area contributed by atoms with E-state index in [9.17, 15) is 0 Å². The van der Waals surface area contributed by atoms with Crippen LogP contribution in [0.5, 0.6) is 11.5 Å². The summed E-state index contributed by atoms with van der Waals surface area (Å²) >= 11 is 5.15. The third kappa shape index (κ3) is 3.49. The van der Waals surface area contributed by atoms with Crippen LogP contribution in [0.15, 0.2) is 34.1 Å². The quantitative estimate of drug-likeness (QED) is 0.889. The fraction of sp³-hybridized carbons (Fsp3) is 0.286. The molecule has 3 nitrogen and oxygen atoms in total. The molecule has 1 aromatic carbocycles. The Morgan fingerprint density at radius 3 is 2.68 bits per heavy atom. The second-order valence-electron chi connectivity index (χ2n) is 4.18. The van der Waals surface area contributed by atoms with Gasteiger partial charge in [-0.05, 0) is 52.0 Å². The summed E-state index contributed by atoms with van der Waals surface area (Å²) in [5.41, 5.74) is 6.89. The van der Waals surface area contributed by atoms with Crippen molar-refractivity contribution < 1.29 is 9.47 Å². The minimum atomic E-state index is -0.0191. The zero-order chi connectivity index (χ0) is 13.8. The molecule has 5 heteroatoms. The molecule has 0 saturated carbocycles. The Kier molecular flexibility index (Phi) is 4.85. The van der Waals surface area contributed by atoms with Gasteiger partial charge in [0, 0.05) is 10.5 Å². The Labute approximate surface area is 125 Å². The Hall–Kier alpha value is -1.04. The number of hydrogen-bond donors (Lipinski definition) is 1. The van der Waals surface area contributed by atoms with Crippen molar-refractivity contribution >= 4 is 27.3 Å². The lowest BCUT2D eigenvalue weighted by molar-refractivity contribution is 0.286. The predicted molar refractivity (Wildman–Crippen MR) is 81.9 cm³/mol. The molecule has 0 fully saturated rings. The molecule has 1 atom stereocenters. The molecule has 0 saturated heterocycles. The third-order valence-electron chi connectivity index (χ3n) is 2.76. The molecule has 1 heterocycles. The number of ether oxygens (including phenoxy) is 2. The van der Waals surface area contributed by atoms with E-state index in [-0.39, 0.29) is 6.04 Å². The predicted octanol–water partition coefficient (Wildman–Crippen LogP) is 4.12. The Morgan fingerprint density at radius 2 is 2.11 bits per heavy atom. The van der Waals surface area contributed by atoms with Gasteiger partial charge in [-0.25, -0.2) is 0 Å². The van der Waals surface area contributed by atoms with E-state index in [1.807, 2.05) is 36.6 Å². The summed E-state index contributed by atoms with van der Waals surface area (Å²) in [5, 5.41) is 2.03. The zero-order valence-corrected chi connectivity index (χ0v) is 13.3. The van der Waals surface area contributed by atoms with E-state index >= 15 is 0 Å². The van der Waals surface area contributed by atoms with Crippen LogP contribution in [-0.2, 0) is 6.61 Å². The number of rotatable bonds is 5. The van der Waals surface area contributed by atoms with Crippen LogP contribution in [0.25, 0.3) is 0 Å². The van der Waals surface area contributed by atoms with E-state index in [0.717, 1.165) is 20.7 Å². The Bertz CT molecular complexity index is 554. The molecule has 0 bridgehead atoms. The van der Waals surface area contributed by atoms with Gasteiger partial charge in [-0.15, -0.1) is 11.3 Å². The van der Waals surface area contributed by atoms with Crippen molar-refractivity contribution in [3.05, 3.63) is 44.6 Å². The topological polar surface area (TPSA) is 44.5 Å². The molecular formula is C14H16BrNO2S. The van der Waals surface area contributed by atoms with Crippen LogP contribution < -0.4 is 15.2 Å². The van der Waals surface area contributed by atoms with E-state index in [2.05, 4.69) is 15.9 Å². The first-order valence-corrected chi connectivity index (χ1v) is 7.57. The smallest absolute Gasteiger partial charge is 0.161 e. The van der Waals surface area contributed by atoms with Gasteiger partial charge in [0.25, 0.3) is 0 Å². The lowest BCUT2D eigenvalue weighted by atomic mass is 10.1. The molecule has 0 radical (unpaired) electrons. The van der Waals surface area contributed by atoms with Gasteiger partial charge in [-0.1, -0.05) is 6.07 Å². The zero-order valence-electron chi connectivity index (χ0n) is 10.9. The van der Waals surface area contributed by atoms with Gasteiger partial charge >= 0.3 is 0 Å². The number of halogens is 1. The van der Waals surface area contributed by atoms with Crippen LogP contribution in [0, 0.1) is 0 Å². The highest BCUT2D eigenvalue weighted by Crippen LogP contribution is 2.32. The van der Waals surface area contributed by atoms with Crippen molar-refractivity contribution in [1.29, 1.82) is 0 Å². The monoisotopic (exact) mass is 341 g/mol. The lowest BCUT2D eigenvalue weighted by Crippen LogP contribution is -2.05. The lowest BCUT2D eigenvalue weighted by Gasteiger charge is -2.13. The molecular weight excluding hydrogens is 326 g/mol. The maximum Gasteiger partial charge on any atom is 0.161 e. The van der Waals surface area contributed by atoms with Crippen LogP contribution in [0.1, 0.15) is 23.4 Å². The van der Waals surface area contributed by atoms with Crippen LogP contribution in [0.4, 0.5) is 0 Å². The molecule has 19 heavy (non-hydrogen) atoms. The summed E-state index contributed by atoms with van der Waals surface area (Å²) in [7, 11) is 1.63. The first-order chi connectivity index (χ1) is 9.11. The summed E-state index contributed by atoms with van der Waals surface area (Å²) < 4.78 is 12.2. The maximum atomic E-state index is 5.86. The van der Waals surface area contributed by atoms with Crippen molar-refractivity contribution in [3.63, 3.8) is 0 Å². The van der Waals surface area contributed by atoms with Gasteiger partial charge in [0.1, 0.15) is 6.61 Å². The highest BCUT2D eigenvalue weighted by Gasteiger charge is 2.09. The van der Waals surface area contributed by atoms with E-state index in [1.165, 1.54) is 0 Å². The van der Waals surface area contributed by atoms with Crippen LogP contribution in [0.2, 0.25) is 0 Å². The summed E-state index contributed by atoms with van der Waals surface area (Å²) in [6, 6.07) is 7.78. The highest BCUT2D eigenvalue weighted by atomic mass is 79.9. The average Bonchev–Trinajstić information content (AvgIpc) is 2.81. The fourth-order valence-corrected chi connectivity index (χ4v) is 3.04. The van der Waals surface area contributed by atoms with E-state index in [4.69, 9.17) is 15.2 Å². The molecule has 0 unspecified atom stereocenters. The van der Waals surface area contributed by atoms with Gasteiger partial charge in [-0.2, -0.15) is 0 Å². The normalized spacial score (nSPS) is 12.2. The number of methoxy groups -OCH3 is 1. The summed E-state index contributed by atoms with van der Waals surface area (Å²) in [6.45, 7) is 2.46. The molecule has 2 rings (SSSR count). The second-order valence-corrected chi connectivity index (χ2v) is 6.03. The van der Waals surface area contributed by atoms with Gasteiger partial charge in [-0.3, -0.25) is 0 Å². The molecule has 1 aromatic heterocycles. The largest absolute Gasteiger partial charge is 0.493 e. The highest BCUT2D eigenvalue weighted by molar-refractivity contribution is 9.10. The Balaban J connectivity index is 2.14. The summed E-state index contributed by atoms with van der Waals surface area (Å²) in [5.74, 6) is 1.44. The van der Waals surface area contributed by atoms with Crippen molar-refractivity contribution in [1.82, 2.24) is 0 Å². The first-order valence-electron chi connectivity index (χ1n) is 5.90. The third-order valence-corrected chi connectivity index (χ3v) is 4.66. The van der Waals surface area contributed by atoms with E-state index in [1.54, 1.807) is 18.4 Å². The molecule has 0 aliphatic rings. The molecule has 0 spiro atoms. The molecule has 2 aromatic rings. The second kappa shape index (κ2) is 6.41. The van der Waals surface area contributed by atoms with Crippen molar-refractivity contribution in [2.75, 3.05) is 7.11 Å². The Morgan fingerprint density at radius 1 is 1.32 bits per heavy atom. The summed E-state index contributed by atoms with van der Waals surface area (Å²) in [6.07, 6.45) is 0. The first kappa shape index (κ1) is 14.4. The van der Waals surface area contributed by atoms with Crippen molar-refractivity contribution in [2.24, 2.45) is 5.73 Å². The molecule has 0 aliphatic heterocycles. The molecule has 102 valence electrons. The molecule has 0 amide bonds. The van der Waals surface area contributed by atoms with Crippen molar-refractivity contribution in [3.8, 4) is 11.5 Å². The fourth-order valence-electron chi connectivity index (χ4n) is 1.66. The van der Waals surface area contributed by atoms with Gasteiger partial charge in [0.15, 0.2) is 11.5 Å². The molecule has 0 aliphatic carbocycles. The van der Waals surface area contributed by atoms with Crippen LogP contribution in [-0.4, -0.2) is 7.11 Å². The number of benzene rings is 1.